The van der Waals surface area contributed by atoms with Crippen LogP contribution in [0.15, 0.2) is 6.07 Å². The van der Waals surface area contributed by atoms with Gasteiger partial charge in [-0.3, -0.25) is 4.79 Å². The van der Waals surface area contributed by atoms with Crippen LogP contribution in [0, 0.1) is 6.92 Å². The van der Waals surface area contributed by atoms with Gasteiger partial charge in [0, 0.05) is 18.8 Å². The molecule has 1 aromatic rings. The van der Waals surface area contributed by atoms with Gasteiger partial charge in [0.05, 0.1) is 5.69 Å². The maximum absolute atomic E-state index is 12.1. The molecule has 8 nitrogen and oxygen atoms in total. The molecule has 1 aliphatic rings. The fourth-order valence-electron chi connectivity index (χ4n) is 2.03. The number of carboxylic acid groups (broad SMARTS) is 1. The van der Waals surface area contributed by atoms with E-state index < -0.39 is 12.0 Å². The summed E-state index contributed by atoms with van der Waals surface area (Å²) in [5.74, 6) is -1.37. The molecule has 1 saturated heterocycles. The first-order valence-corrected chi connectivity index (χ1v) is 6.23. The van der Waals surface area contributed by atoms with Crippen LogP contribution in [0.5, 0.6) is 0 Å². The van der Waals surface area contributed by atoms with Crippen LogP contribution in [-0.2, 0) is 4.79 Å². The van der Waals surface area contributed by atoms with Gasteiger partial charge in [0.1, 0.15) is 12.2 Å². The molecule has 0 bridgehead atoms. The Bertz CT molecular complexity index is 552. The van der Waals surface area contributed by atoms with E-state index in [0.717, 1.165) is 0 Å². The molecule has 8 heteroatoms. The van der Waals surface area contributed by atoms with Gasteiger partial charge < -0.3 is 25.6 Å². The minimum absolute atomic E-state index is 0.0301. The highest BCUT2D eigenvalue weighted by atomic mass is 16.4. The van der Waals surface area contributed by atoms with Gasteiger partial charge in [0.2, 0.25) is 5.91 Å². The van der Waals surface area contributed by atoms with Crippen molar-refractivity contribution in [3.63, 3.8) is 0 Å². The molecule has 0 aliphatic carbocycles. The van der Waals surface area contributed by atoms with Gasteiger partial charge in [0.15, 0.2) is 0 Å². The van der Waals surface area contributed by atoms with Crippen molar-refractivity contribution in [2.24, 2.45) is 0 Å². The summed E-state index contributed by atoms with van der Waals surface area (Å²) in [7, 11) is 0. The van der Waals surface area contributed by atoms with Crippen LogP contribution in [0.4, 0.5) is 10.5 Å². The summed E-state index contributed by atoms with van der Waals surface area (Å²) in [6.45, 7) is 2.64. The first kappa shape index (κ1) is 13.9. The molecule has 4 N–H and O–H groups in total. The Morgan fingerprint density at radius 1 is 1.45 bits per heavy atom. The number of rotatable bonds is 2. The van der Waals surface area contributed by atoms with E-state index in [0.29, 0.717) is 25.2 Å². The third kappa shape index (κ3) is 3.08. The summed E-state index contributed by atoms with van der Waals surface area (Å²) in [6.07, 6.45) is 0.664. The van der Waals surface area contributed by atoms with Crippen molar-refractivity contribution in [2.75, 3.05) is 25.0 Å². The minimum Gasteiger partial charge on any atom is -0.477 e. The SMILES string of the molecule is Cc1cc(NC(=O)N2CCCNC(=O)C2)c(C(=O)O)[nH]1. The maximum Gasteiger partial charge on any atom is 0.354 e. The number of nitrogens with one attached hydrogen (secondary N) is 3. The molecule has 20 heavy (non-hydrogen) atoms. The Labute approximate surface area is 115 Å². The third-order valence-corrected chi connectivity index (χ3v) is 2.96. The zero-order valence-corrected chi connectivity index (χ0v) is 11.0. The highest BCUT2D eigenvalue weighted by Gasteiger charge is 2.22. The zero-order valence-electron chi connectivity index (χ0n) is 11.0. The summed E-state index contributed by atoms with van der Waals surface area (Å²) in [5.41, 5.74) is 0.756. The van der Waals surface area contributed by atoms with Crippen LogP contribution in [-0.4, -0.2) is 52.5 Å². The highest BCUT2D eigenvalue weighted by Crippen LogP contribution is 2.17. The third-order valence-electron chi connectivity index (χ3n) is 2.96. The molecule has 1 aromatic heterocycles. The molecular formula is C12H16N4O4. The number of nitrogens with zero attached hydrogens (tertiary/aromatic N) is 1. The molecule has 0 saturated carbocycles. The van der Waals surface area contributed by atoms with Crippen LogP contribution < -0.4 is 10.6 Å². The fourth-order valence-corrected chi connectivity index (χ4v) is 2.03. The molecular weight excluding hydrogens is 264 g/mol. The summed E-state index contributed by atoms with van der Waals surface area (Å²) < 4.78 is 0. The molecule has 0 unspecified atom stereocenters. The van der Waals surface area contributed by atoms with Crippen LogP contribution in [0.3, 0.4) is 0 Å². The normalized spacial score (nSPS) is 15.4. The number of hydrogen-bond donors (Lipinski definition) is 4. The van der Waals surface area contributed by atoms with E-state index in [1.807, 2.05) is 0 Å². The Kier molecular flexibility index (Phi) is 3.92. The highest BCUT2D eigenvalue weighted by molar-refractivity contribution is 5.99. The maximum atomic E-state index is 12.1. The largest absolute Gasteiger partial charge is 0.477 e. The summed E-state index contributed by atoms with van der Waals surface area (Å²) in [6, 6.07) is 1.06. The number of H-pyrrole nitrogens is 1. The van der Waals surface area contributed by atoms with Crippen molar-refractivity contribution < 1.29 is 19.5 Å². The van der Waals surface area contributed by atoms with E-state index in [-0.39, 0.29) is 23.8 Å². The number of urea groups is 1. The molecule has 1 fully saturated rings. The Morgan fingerprint density at radius 2 is 2.20 bits per heavy atom. The lowest BCUT2D eigenvalue weighted by Crippen LogP contribution is -2.40. The van der Waals surface area contributed by atoms with E-state index in [2.05, 4.69) is 15.6 Å². The number of hydrogen-bond acceptors (Lipinski definition) is 3. The summed E-state index contributed by atoms with van der Waals surface area (Å²) in [4.78, 5) is 38.5. The lowest BCUT2D eigenvalue weighted by atomic mass is 10.3. The topological polar surface area (TPSA) is 115 Å². The smallest absolute Gasteiger partial charge is 0.354 e. The zero-order chi connectivity index (χ0) is 14.7. The standard InChI is InChI=1S/C12H16N4O4/c1-7-5-8(10(14-7)11(18)19)15-12(20)16-4-2-3-13-9(17)6-16/h5,14H,2-4,6H2,1H3,(H,13,17)(H,15,20)(H,18,19). The van der Waals surface area contributed by atoms with Crippen LogP contribution in [0.2, 0.25) is 0 Å². The van der Waals surface area contributed by atoms with Crippen molar-refractivity contribution in [1.82, 2.24) is 15.2 Å². The van der Waals surface area contributed by atoms with E-state index >= 15 is 0 Å². The number of aromatic amines is 1. The number of aromatic carboxylic acids is 1. The lowest BCUT2D eigenvalue weighted by Gasteiger charge is -2.19. The lowest BCUT2D eigenvalue weighted by molar-refractivity contribution is -0.120. The number of carbonyl (C=O) groups excluding carboxylic acids is 2. The predicted octanol–water partition coefficient (Wildman–Crippen LogP) is 0.375. The van der Waals surface area contributed by atoms with Crippen LogP contribution >= 0.6 is 0 Å². The molecule has 0 atom stereocenters. The molecule has 2 heterocycles. The van der Waals surface area contributed by atoms with Crippen molar-refractivity contribution in [1.29, 1.82) is 0 Å². The van der Waals surface area contributed by atoms with Gasteiger partial charge in [-0.2, -0.15) is 0 Å². The van der Waals surface area contributed by atoms with Gasteiger partial charge in [-0.05, 0) is 19.4 Å². The summed E-state index contributed by atoms with van der Waals surface area (Å²) >= 11 is 0. The number of anilines is 1. The van der Waals surface area contributed by atoms with Crippen LogP contribution in [0.25, 0.3) is 0 Å². The molecule has 108 valence electrons. The van der Waals surface area contributed by atoms with E-state index in [4.69, 9.17) is 5.11 Å². The van der Waals surface area contributed by atoms with Crippen LogP contribution in [0.1, 0.15) is 22.6 Å². The predicted molar refractivity (Wildman–Crippen MR) is 70.7 cm³/mol. The Hall–Kier alpha value is -2.51. The van der Waals surface area contributed by atoms with E-state index in [9.17, 15) is 14.4 Å². The second-order valence-electron chi connectivity index (χ2n) is 4.60. The van der Waals surface area contributed by atoms with Gasteiger partial charge >= 0.3 is 12.0 Å². The second kappa shape index (κ2) is 5.64. The Balaban J connectivity index is 2.11. The average Bonchev–Trinajstić information content (AvgIpc) is 2.59. The molecule has 0 radical (unpaired) electrons. The first-order chi connectivity index (χ1) is 9.47. The molecule has 1 aliphatic heterocycles. The number of amides is 3. The fraction of sp³-hybridized carbons (Fsp3) is 0.417. The number of carbonyl (C=O) groups is 3. The number of carboxylic acids is 1. The van der Waals surface area contributed by atoms with E-state index in [1.165, 1.54) is 4.90 Å². The number of aryl methyl sites for hydroxylation is 1. The molecule has 2 rings (SSSR count). The molecule has 0 aromatic carbocycles. The average molecular weight is 280 g/mol. The van der Waals surface area contributed by atoms with Gasteiger partial charge in [-0.25, -0.2) is 9.59 Å². The molecule has 0 spiro atoms. The summed E-state index contributed by atoms with van der Waals surface area (Å²) in [5, 5.41) is 14.2. The van der Waals surface area contributed by atoms with Crippen molar-refractivity contribution in [3.8, 4) is 0 Å². The van der Waals surface area contributed by atoms with Crippen molar-refractivity contribution >= 4 is 23.6 Å². The van der Waals surface area contributed by atoms with Crippen molar-refractivity contribution in [3.05, 3.63) is 17.5 Å². The second-order valence-corrected chi connectivity index (χ2v) is 4.60. The Morgan fingerprint density at radius 3 is 2.90 bits per heavy atom. The quantitative estimate of drug-likeness (QED) is 0.626. The van der Waals surface area contributed by atoms with E-state index in [1.54, 1.807) is 13.0 Å². The first-order valence-electron chi connectivity index (χ1n) is 6.23. The molecule has 3 amide bonds. The number of aromatic nitrogens is 1. The van der Waals surface area contributed by atoms with Gasteiger partial charge in [-0.15, -0.1) is 0 Å². The van der Waals surface area contributed by atoms with Gasteiger partial charge in [0.25, 0.3) is 0 Å². The van der Waals surface area contributed by atoms with Crippen molar-refractivity contribution in [2.45, 2.75) is 13.3 Å². The minimum atomic E-state index is -1.15. The monoisotopic (exact) mass is 280 g/mol. The van der Waals surface area contributed by atoms with Gasteiger partial charge in [-0.1, -0.05) is 0 Å².